The van der Waals surface area contributed by atoms with Crippen LogP contribution in [-0.4, -0.2) is 37.5 Å². The van der Waals surface area contributed by atoms with Gasteiger partial charge in [-0.2, -0.15) is 0 Å². The molecule has 3 nitrogen and oxygen atoms in total. The van der Waals surface area contributed by atoms with E-state index in [1.54, 1.807) is 0 Å². The molecule has 0 aromatic carbocycles. The average molecular weight is 294 g/mol. The summed E-state index contributed by atoms with van der Waals surface area (Å²) in [5.41, 5.74) is 0. The number of nitrogens with one attached hydrogen (secondary N) is 1. The molecule has 1 aliphatic heterocycles. The van der Waals surface area contributed by atoms with Crippen LogP contribution < -0.4 is 5.32 Å². The SMILES string of the molecule is CCCCC1CCC(C(=O)N2CCC(CNC)CC2)CC1. The van der Waals surface area contributed by atoms with Gasteiger partial charge in [-0.3, -0.25) is 4.79 Å². The van der Waals surface area contributed by atoms with Gasteiger partial charge >= 0.3 is 0 Å². The van der Waals surface area contributed by atoms with Gasteiger partial charge in [0.25, 0.3) is 0 Å². The van der Waals surface area contributed by atoms with Gasteiger partial charge < -0.3 is 10.2 Å². The molecule has 1 amide bonds. The van der Waals surface area contributed by atoms with Gasteiger partial charge in [0.15, 0.2) is 0 Å². The Morgan fingerprint density at radius 1 is 1.05 bits per heavy atom. The van der Waals surface area contributed by atoms with Crippen LogP contribution in [0, 0.1) is 17.8 Å². The number of likely N-dealkylation sites (tertiary alicyclic amines) is 1. The van der Waals surface area contributed by atoms with Gasteiger partial charge in [-0.15, -0.1) is 0 Å². The molecule has 2 fully saturated rings. The second-order valence-corrected chi connectivity index (χ2v) is 7.19. The van der Waals surface area contributed by atoms with E-state index in [-0.39, 0.29) is 0 Å². The molecular weight excluding hydrogens is 260 g/mol. The highest BCUT2D eigenvalue weighted by atomic mass is 16.2. The van der Waals surface area contributed by atoms with E-state index in [0.717, 1.165) is 44.3 Å². The van der Waals surface area contributed by atoms with E-state index in [4.69, 9.17) is 0 Å². The fourth-order valence-electron chi connectivity index (χ4n) is 4.10. The molecule has 0 radical (unpaired) electrons. The van der Waals surface area contributed by atoms with E-state index < -0.39 is 0 Å². The molecule has 122 valence electrons. The minimum Gasteiger partial charge on any atom is -0.342 e. The highest BCUT2D eigenvalue weighted by molar-refractivity contribution is 5.79. The lowest BCUT2D eigenvalue weighted by molar-refractivity contribution is -0.138. The summed E-state index contributed by atoms with van der Waals surface area (Å²) in [7, 11) is 2.02. The Hall–Kier alpha value is -0.570. The normalized spacial score (nSPS) is 27.8. The standard InChI is InChI=1S/C18H34N2O/c1-3-4-5-15-6-8-17(9-7-15)18(21)20-12-10-16(11-13-20)14-19-2/h15-17,19H,3-14H2,1-2H3. The van der Waals surface area contributed by atoms with Crippen molar-refractivity contribution in [3.63, 3.8) is 0 Å². The molecule has 2 rings (SSSR count). The third-order valence-electron chi connectivity index (χ3n) is 5.58. The number of piperidine rings is 1. The maximum absolute atomic E-state index is 12.6. The van der Waals surface area contributed by atoms with Crippen molar-refractivity contribution >= 4 is 5.91 Å². The van der Waals surface area contributed by atoms with Crippen molar-refractivity contribution in [1.82, 2.24) is 10.2 Å². The molecule has 2 aliphatic rings. The summed E-state index contributed by atoms with van der Waals surface area (Å²) >= 11 is 0. The Bertz CT molecular complexity index is 302. The predicted molar refractivity (Wildman–Crippen MR) is 88.2 cm³/mol. The summed E-state index contributed by atoms with van der Waals surface area (Å²) in [6.07, 6.45) is 11.3. The molecule has 0 aromatic heterocycles. The monoisotopic (exact) mass is 294 g/mol. The first-order valence-corrected chi connectivity index (χ1v) is 9.18. The summed E-state index contributed by atoms with van der Waals surface area (Å²) < 4.78 is 0. The third-order valence-corrected chi connectivity index (χ3v) is 5.58. The van der Waals surface area contributed by atoms with Gasteiger partial charge in [-0.25, -0.2) is 0 Å². The van der Waals surface area contributed by atoms with Crippen molar-refractivity contribution < 1.29 is 4.79 Å². The molecule has 1 heterocycles. The number of carbonyl (C=O) groups excluding carboxylic acids is 1. The first-order chi connectivity index (χ1) is 10.2. The van der Waals surface area contributed by atoms with Crippen molar-refractivity contribution in [2.45, 2.75) is 64.7 Å². The molecule has 1 saturated heterocycles. The van der Waals surface area contributed by atoms with E-state index in [1.807, 2.05) is 7.05 Å². The lowest BCUT2D eigenvalue weighted by atomic mass is 9.79. The Labute approximate surface area is 130 Å². The lowest BCUT2D eigenvalue weighted by Crippen LogP contribution is -2.43. The number of amides is 1. The summed E-state index contributed by atoms with van der Waals surface area (Å²) in [4.78, 5) is 14.8. The van der Waals surface area contributed by atoms with Crippen LogP contribution in [0.2, 0.25) is 0 Å². The Balaban J connectivity index is 1.70. The van der Waals surface area contributed by atoms with Gasteiger partial charge in [0, 0.05) is 19.0 Å². The quantitative estimate of drug-likeness (QED) is 0.814. The molecule has 3 heteroatoms. The maximum Gasteiger partial charge on any atom is 0.225 e. The second kappa shape index (κ2) is 8.77. The maximum atomic E-state index is 12.6. The van der Waals surface area contributed by atoms with E-state index in [0.29, 0.717) is 11.8 Å². The summed E-state index contributed by atoms with van der Waals surface area (Å²) in [6, 6.07) is 0. The largest absolute Gasteiger partial charge is 0.342 e. The van der Waals surface area contributed by atoms with Crippen LogP contribution in [-0.2, 0) is 4.79 Å². The smallest absolute Gasteiger partial charge is 0.225 e. The molecule has 0 atom stereocenters. The molecule has 21 heavy (non-hydrogen) atoms. The average Bonchev–Trinajstić information content (AvgIpc) is 2.54. The van der Waals surface area contributed by atoms with Crippen molar-refractivity contribution in [2.24, 2.45) is 17.8 Å². The van der Waals surface area contributed by atoms with Crippen LogP contribution in [0.3, 0.4) is 0 Å². The van der Waals surface area contributed by atoms with Gasteiger partial charge in [0.1, 0.15) is 0 Å². The van der Waals surface area contributed by atoms with Crippen molar-refractivity contribution in [3.05, 3.63) is 0 Å². The number of carbonyl (C=O) groups is 1. The molecular formula is C18H34N2O. The minimum atomic E-state index is 0.337. The van der Waals surface area contributed by atoms with Gasteiger partial charge in [0.2, 0.25) is 5.91 Å². The molecule has 1 saturated carbocycles. The van der Waals surface area contributed by atoms with Crippen LogP contribution in [0.1, 0.15) is 64.7 Å². The highest BCUT2D eigenvalue weighted by Crippen LogP contribution is 2.33. The topological polar surface area (TPSA) is 32.3 Å². The third kappa shape index (κ3) is 4.98. The molecule has 0 unspecified atom stereocenters. The molecule has 1 N–H and O–H groups in total. The van der Waals surface area contributed by atoms with Crippen molar-refractivity contribution in [1.29, 1.82) is 0 Å². The predicted octanol–water partition coefficient (Wildman–Crippen LogP) is 3.44. The number of hydrogen-bond acceptors (Lipinski definition) is 2. The van der Waals surface area contributed by atoms with E-state index in [1.165, 1.54) is 44.9 Å². The summed E-state index contributed by atoms with van der Waals surface area (Å²) in [5, 5.41) is 3.26. The number of nitrogens with zero attached hydrogens (tertiary/aromatic N) is 1. The van der Waals surface area contributed by atoms with E-state index >= 15 is 0 Å². The van der Waals surface area contributed by atoms with Crippen molar-refractivity contribution in [2.75, 3.05) is 26.7 Å². The highest BCUT2D eigenvalue weighted by Gasteiger charge is 2.31. The zero-order valence-electron chi connectivity index (χ0n) is 14.1. The summed E-state index contributed by atoms with van der Waals surface area (Å²) in [6.45, 7) is 5.35. The van der Waals surface area contributed by atoms with Gasteiger partial charge in [-0.05, 0) is 64.0 Å². The first-order valence-electron chi connectivity index (χ1n) is 9.18. The fourth-order valence-corrected chi connectivity index (χ4v) is 4.10. The number of unbranched alkanes of at least 4 members (excludes halogenated alkanes) is 1. The van der Waals surface area contributed by atoms with E-state index in [2.05, 4.69) is 17.1 Å². The van der Waals surface area contributed by atoms with Crippen LogP contribution in [0.15, 0.2) is 0 Å². The van der Waals surface area contributed by atoms with Crippen LogP contribution in [0.25, 0.3) is 0 Å². The second-order valence-electron chi connectivity index (χ2n) is 7.19. The van der Waals surface area contributed by atoms with Gasteiger partial charge in [-0.1, -0.05) is 26.2 Å². The molecule has 1 aliphatic carbocycles. The number of hydrogen-bond donors (Lipinski definition) is 1. The Kier molecular flexibility index (Phi) is 7.01. The Morgan fingerprint density at radius 2 is 1.71 bits per heavy atom. The molecule has 0 bridgehead atoms. The zero-order valence-corrected chi connectivity index (χ0v) is 14.1. The van der Waals surface area contributed by atoms with Gasteiger partial charge in [0.05, 0.1) is 0 Å². The lowest BCUT2D eigenvalue weighted by Gasteiger charge is -2.36. The Morgan fingerprint density at radius 3 is 2.29 bits per heavy atom. The minimum absolute atomic E-state index is 0.337. The first kappa shape index (κ1) is 16.8. The van der Waals surface area contributed by atoms with Crippen LogP contribution >= 0.6 is 0 Å². The molecule has 0 spiro atoms. The molecule has 0 aromatic rings. The number of rotatable bonds is 6. The van der Waals surface area contributed by atoms with Crippen molar-refractivity contribution in [3.8, 4) is 0 Å². The van der Waals surface area contributed by atoms with Crippen LogP contribution in [0.5, 0.6) is 0 Å². The fraction of sp³-hybridized carbons (Fsp3) is 0.944. The summed E-state index contributed by atoms with van der Waals surface area (Å²) in [5.74, 6) is 2.47. The zero-order chi connectivity index (χ0) is 15.1. The van der Waals surface area contributed by atoms with Crippen LogP contribution in [0.4, 0.5) is 0 Å². The van der Waals surface area contributed by atoms with E-state index in [9.17, 15) is 4.79 Å².